The second kappa shape index (κ2) is 19.3. The quantitative estimate of drug-likeness (QED) is 0.181. The molecule has 0 aliphatic carbocycles. The monoisotopic (exact) mass is 774 g/mol. The summed E-state index contributed by atoms with van der Waals surface area (Å²) in [6.07, 6.45) is 8.05. The normalized spacial score (nSPS) is 31.0. The number of hydrogen-bond donors (Lipinski definition) is 2. The molecule has 1 aromatic carbocycles. The summed E-state index contributed by atoms with van der Waals surface area (Å²) in [4.78, 5) is 31.7. The van der Waals surface area contributed by atoms with Crippen LogP contribution < -0.4 is 20.3 Å². The molecular weight excluding hydrogens is 708 g/mol. The van der Waals surface area contributed by atoms with E-state index in [1.807, 2.05) is 38.1 Å². The van der Waals surface area contributed by atoms with Crippen LogP contribution in [0.2, 0.25) is 0 Å². The lowest BCUT2D eigenvalue weighted by Crippen LogP contribution is -2.56. The smallest absolute Gasteiger partial charge is 0.251 e. The molecule has 0 radical (unpaired) electrons. The van der Waals surface area contributed by atoms with Crippen molar-refractivity contribution in [1.29, 1.82) is 0 Å². The highest BCUT2D eigenvalue weighted by molar-refractivity contribution is 5.84. The first kappa shape index (κ1) is 42.1. The van der Waals surface area contributed by atoms with Crippen LogP contribution in [0.5, 0.6) is 5.75 Å². The van der Waals surface area contributed by atoms with Crippen molar-refractivity contribution in [2.75, 3.05) is 57.9 Å². The summed E-state index contributed by atoms with van der Waals surface area (Å²) in [5.74, 6) is -1.49. The molecule has 5 aliphatic heterocycles. The minimum Gasteiger partial charge on any atom is -0.497 e. The van der Waals surface area contributed by atoms with E-state index in [0.29, 0.717) is 6.61 Å². The number of methoxy groups -OCH3 is 1. The van der Waals surface area contributed by atoms with Gasteiger partial charge in [0.25, 0.3) is 5.91 Å². The Labute approximate surface area is 327 Å². The number of piperazine rings is 1. The summed E-state index contributed by atoms with van der Waals surface area (Å²) >= 11 is 0. The zero-order valence-electron chi connectivity index (χ0n) is 33.9. The van der Waals surface area contributed by atoms with Gasteiger partial charge in [-0.1, -0.05) is 64.7 Å². The first-order valence-corrected chi connectivity index (χ1v) is 20.8. The van der Waals surface area contributed by atoms with Crippen LogP contribution in [0.15, 0.2) is 24.3 Å². The number of carbonyl (C=O) groups is 2. The van der Waals surface area contributed by atoms with Gasteiger partial charge in [-0.15, -0.1) is 0 Å². The lowest BCUT2D eigenvalue weighted by atomic mass is 10.1. The Morgan fingerprint density at radius 1 is 0.782 bits per heavy atom. The highest BCUT2D eigenvalue weighted by atomic mass is 16.8. The van der Waals surface area contributed by atoms with Gasteiger partial charge in [-0.3, -0.25) is 14.5 Å². The number of fused-ring (bicyclic) bond motifs is 2. The molecule has 5 saturated heterocycles. The predicted molar refractivity (Wildman–Crippen MR) is 206 cm³/mol. The third-order valence-electron chi connectivity index (χ3n) is 11.2. The van der Waals surface area contributed by atoms with Crippen molar-refractivity contribution in [2.45, 2.75) is 160 Å². The number of hydrogen-bond acceptors (Lipinski definition) is 12. The van der Waals surface area contributed by atoms with Crippen molar-refractivity contribution < 1.29 is 47.5 Å². The van der Waals surface area contributed by atoms with Crippen LogP contribution in [-0.4, -0.2) is 130 Å². The molecule has 1 aromatic rings. The van der Waals surface area contributed by atoms with Crippen LogP contribution in [0, 0.1) is 0 Å². The summed E-state index contributed by atoms with van der Waals surface area (Å²) < 4.78 is 48.4. The van der Waals surface area contributed by atoms with Gasteiger partial charge in [-0.2, -0.15) is 0 Å². The molecule has 14 nitrogen and oxygen atoms in total. The van der Waals surface area contributed by atoms with Crippen molar-refractivity contribution in [2.24, 2.45) is 0 Å². The van der Waals surface area contributed by atoms with Crippen LogP contribution in [0.3, 0.4) is 0 Å². The van der Waals surface area contributed by atoms with E-state index in [1.54, 1.807) is 21.0 Å². The number of anilines is 1. The van der Waals surface area contributed by atoms with Gasteiger partial charge in [0.1, 0.15) is 30.2 Å². The molecule has 310 valence electrons. The third-order valence-corrected chi connectivity index (χ3v) is 11.2. The van der Waals surface area contributed by atoms with E-state index in [9.17, 15) is 9.59 Å². The van der Waals surface area contributed by atoms with Crippen molar-refractivity contribution in [3.05, 3.63) is 24.3 Å². The summed E-state index contributed by atoms with van der Waals surface area (Å²) in [6, 6.07) is 7.26. The number of carbonyl (C=O) groups excluding carboxylic acids is 2. The largest absolute Gasteiger partial charge is 0.497 e. The molecule has 2 amide bonds. The zero-order valence-corrected chi connectivity index (χ0v) is 33.9. The van der Waals surface area contributed by atoms with Crippen LogP contribution in [0.4, 0.5) is 5.69 Å². The van der Waals surface area contributed by atoms with E-state index >= 15 is 0 Å². The Hall–Kier alpha value is -2.56. The summed E-state index contributed by atoms with van der Waals surface area (Å²) in [5, 5.41) is 6.07. The second-order valence-electron chi connectivity index (χ2n) is 16.5. The third kappa shape index (κ3) is 11.3. The second-order valence-corrected chi connectivity index (χ2v) is 16.5. The highest BCUT2D eigenvalue weighted by Gasteiger charge is 2.58. The van der Waals surface area contributed by atoms with Crippen LogP contribution in [0.1, 0.15) is 98.8 Å². The first-order valence-electron chi connectivity index (χ1n) is 20.8. The Kier molecular flexibility index (Phi) is 14.7. The van der Waals surface area contributed by atoms with Gasteiger partial charge in [-0.25, -0.2) is 0 Å². The maximum Gasteiger partial charge on any atom is 0.251 e. The van der Waals surface area contributed by atoms with E-state index in [2.05, 4.69) is 27.4 Å². The number of unbranched alkanes of at least 4 members (excludes halogenated alkanes) is 9. The molecule has 0 spiro atoms. The molecule has 8 atom stereocenters. The maximum absolute atomic E-state index is 13.8. The maximum atomic E-state index is 13.8. The fourth-order valence-corrected chi connectivity index (χ4v) is 8.31. The fraction of sp³-hybridized carbons (Fsp3) is 0.805. The molecule has 5 fully saturated rings. The van der Waals surface area contributed by atoms with Gasteiger partial charge in [0.15, 0.2) is 30.3 Å². The van der Waals surface area contributed by atoms with Gasteiger partial charge in [0.2, 0.25) is 5.91 Å². The molecule has 2 N–H and O–H groups in total. The summed E-state index contributed by atoms with van der Waals surface area (Å²) in [7, 11) is 1.66. The Morgan fingerprint density at radius 2 is 1.38 bits per heavy atom. The lowest BCUT2D eigenvalue weighted by Gasteiger charge is -2.36. The molecule has 14 heteroatoms. The number of nitrogens with one attached hydrogen (secondary N) is 2. The highest BCUT2D eigenvalue weighted by Crippen LogP contribution is 2.40. The van der Waals surface area contributed by atoms with E-state index in [4.69, 9.17) is 37.9 Å². The Balaban J connectivity index is 0.983. The van der Waals surface area contributed by atoms with Crippen LogP contribution in [0.25, 0.3) is 0 Å². The summed E-state index contributed by atoms with van der Waals surface area (Å²) in [6.45, 7) is 13.5. The van der Waals surface area contributed by atoms with Crippen molar-refractivity contribution in [3.63, 3.8) is 0 Å². The molecule has 5 aliphatic rings. The molecule has 55 heavy (non-hydrogen) atoms. The Bertz CT molecular complexity index is 1370. The summed E-state index contributed by atoms with van der Waals surface area (Å²) in [5.41, 5.74) is 1.12. The molecule has 8 unspecified atom stereocenters. The molecule has 0 saturated carbocycles. The first-order chi connectivity index (χ1) is 26.4. The molecule has 5 heterocycles. The average Bonchev–Trinajstić information content (AvgIpc) is 3.84. The van der Waals surface area contributed by atoms with E-state index in [0.717, 1.165) is 50.5 Å². The van der Waals surface area contributed by atoms with Crippen molar-refractivity contribution in [1.82, 2.24) is 15.5 Å². The van der Waals surface area contributed by atoms with Crippen molar-refractivity contribution in [3.8, 4) is 5.75 Å². The molecule has 6 rings (SSSR count). The number of benzene rings is 1. The number of amides is 2. The Morgan fingerprint density at radius 3 is 2.02 bits per heavy atom. The van der Waals surface area contributed by atoms with Crippen LogP contribution in [-0.2, 0) is 42.7 Å². The van der Waals surface area contributed by atoms with Gasteiger partial charge >= 0.3 is 0 Å². The average molecular weight is 775 g/mol. The van der Waals surface area contributed by atoms with Gasteiger partial charge < -0.3 is 53.4 Å². The molecular formula is C41H66N4O10. The number of ether oxygens (including phenoxy) is 8. The fourth-order valence-electron chi connectivity index (χ4n) is 8.31. The van der Waals surface area contributed by atoms with E-state index in [-0.39, 0.29) is 19.0 Å². The van der Waals surface area contributed by atoms with Crippen LogP contribution >= 0.6 is 0 Å². The molecule has 0 bridgehead atoms. The van der Waals surface area contributed by atoms with E-state index < -0.39 is 66.6 Å². The minimum atomic E-state index is -1.03. The molecule has 0 aromatic heterocycles. The van der Waals surface area contributed by atoms with Gasteiger partial charge in [-0.05, 0) is 58.4 Å². The zero-order chi connectivity index (χ0) is 39.0. The van der Waals surface area contributed by atoms with Crippen molar-refractivity contribution >= 4 is 17.5 Å². The van der Waals surface area contributed by atoms with Gasteiger partial charge in [0, 0.05) is 45.0 Å². The topological polar surface area (TPSA) is 139 Å². The van der Waals surface area contributed by atoms with Gasteiger partial charge in [0.05, 0.1) is 19.7 Å². The van der Waals surface area contributed by atoms with E-state index in [1.165, 1.54) is 51.4 Å². The predicted octanol–water partition coefficient (Wildman–Crippen LogP) is 4.48. The lowest BCUT2D eigenvalue weighted by molar-refractivity contribution is -0.218. The standard InChI is InChI=1S/C41H66N4O10/c1-7-8-9-10-11-12-13-14-15-16-25-49-33-30(50-39-36(33)53-41(4,5)55-39)26-42-37(47)34-32(35-38(51-34)54-40(2,3)52-35)43-31(46)27-44-21-23-45(24-22-44)28-17-19-29(48-6)20-18-28/h17-20,30,32-36,38-39H,7-16,21-27H2,1-6H3,(H,42,47)(H,43,46). The number of nitrogens with zero attached hydrogens (tertiary/aromatic N) is 2. The number of rotatable bonds is 20. The minimum absolute atomic E-state index is 0.156. The SMILES string of the molecule is CCCCCCCCCCCCOC1C(CNC(=O)C2OC3OC(C)(C)OC3C2NC(=O)CN2CCN(c3ccc(OC)cc3)CC2)OC2OC(C)(C)OC21.